The molecule has 0 saturated carbocycles. The Morgan fingerprint density at radius 2 is 1.59 bits per heavy atom. The normalized spacial score (nSPS) is 11.7. The van der Waals surface area contributed by atoms with Gasteiger partial charge >= 0.3 is 6.18 Å². The number of hydrogen-bond acceptors (Lipinski definition) is 3. The first-order valence-corrected chi connectivity index (χ1v) is 8.86. The van der Waals surface area contributed by atoms with Crippen LogP contribution in [0.15, 0.2) is 53.5 Å². The van der Waals surface area contributed by atoms with Crippen LogP contribution in [-0.2, 0) is 12.7 Å². The zero-order chi connectivity index (χ0) is 21.3. The maximum Gasteiger partial charge on any atom is 0.416 e. The van der Waals surface area contributed by atoms with Gasteiger partial charge in [-0.2, -0.15) is 13.2 Å². The minimum Gasteiger partial charge on any atom is -0.497 e. The van der Waals surface area contributed by atoms with E-state index in [2.05, 4.69) is 20.9 Å². The number of guanidine groups is 1. The Morgan fingerprint density at radius 3 is 2.14 bits per heavy atom. The fourth-order valence-electron chi connectivity index (χ4n) is 2.42. The molecule has 1 amide bonds. The van der Waals surface area contributed by atoms with E-state index in [1.807, 2.05) is 24.3 Å². The summed E-state index contributed by atoms with van der Waals surface area (Å²) in [5.74, 6) is 0.895. The summed E-state index contributed by atoms with van der Waals surface area (Å²) in [5.41, 5.74) is 0.423. The molecule has 0 saturated heterocycles. The second-order valence-electron chi connectivity index (χ2n) is 6.03. The summed E-state index contributed by atoms with van der Waals surface area (Å²) < 4.78 is 42.8. The predicted octanol–water partition coefficient (Wildman–Crippen LogP) is 2.81. The van der Waals surface area contributed by atoms with Crippen molar-refractivity contribution >= 4 is 11.9 Å². The molecular formula is C20H23F3N4O2. The number of hydrogen-bond donors (Lipinski definition) is 3. The lowest BCUT2D eigenvalue weighted by atomic mass is 10.1. The summed E-state index contributed by atoms with van der Waals surface area (Å²) in [7, 11) is 3.24. The van der Waals surface area contributed by atoms with Gasteiger partial charge in [-0.3, -0.25) is 9.79 Å². The first-order chi connectivity index (χ1) is 13.8. The maximum atomic E-state index is 12.6. The Balaban J connectivity index is 1.72. The monoisotopic (exact) mass is 408 g/mol. The topological polar surface area (TPSA) is 74.8 Å². The standard InChI is InChI=1S/C20H23F3N4O2/c1-24-19(27-13-14-3-9-17(29-2)10-4-14)26-12-11-25-18(28)15-5-7-16(8-6-15)20(21,22)23/h3-10H,11-13H2,1-2H3,(H,25,28)(H2,24,26,27). The number of halogens is 3. The lowest BCUT2D eigenvalue weighted by Gasteiger charge is -2.13. The van der Waals surface area contributed by atoms with Crippen LogP contribution in [0.3, 0.4) is 0 Å². The van der Waals surface area contributed by atoms with Crippen molar-refractivity contribution in [3.05, 3.63) is 65.2 Å². The number of carbonyl (C=O) groups excluding carboxylic acids is 1. The zero-order valence-corrected chi connectivity index (χ0v) is 16.1. The van der Waals surface area contributed by atoms with Crippen LogP contribution in [0, 0.1) is 0 Å². The highest BCUT2D eigenvalue weighted by Crippen LogP contribution is 2.29. The molecule has 2 aromatic carbocycles. The number of benzene rings is 2. The van der Waals surface area contributed by atoms with E-state index in [0.717, 1.165) is 35.6 Å². The molecule has 0 heterocycles. The number of aliphatic imine (C=N–C) groups is 1. The average molecular weight is 408 g/mol. The minimum absolute atomic E-state index is 0.167. The van der Waals surface area contributed by atoms with Gasteiger partial charge in [-0.05, 0) is 42.0 Å². The van der Waals surface area contributed by atoms with Gasteiger partial charge in [-0.15, -0.1) is 0 Å². The van der Waals surface area contributed by atoms with Gasteiger partial charge in [0.25, 0.3) is 5.91 Å². The Kier molecular flexibility index (Phi) is 7.88. The summed E-state index contributed by atoms with van der Waals surface area (Å²) >= 11 is 0. The third-order valence-electron chi connectivity index (χ3n) is 4.02. The third-order valence-corrected chi connectivity index (χ3v) is 4.02. The summed E-state index contributed by atoms with van der Waals surface area (Å²) in [6, 6.07) is 11.7. The summed E-state index contributed by atoms with van der Waals surface area (Å²) in [5, 5.41) is 8.83. The number of ether oxygens (including phenoxy) is 1. The van der Waals surface area contributed by atoms with Crippen LogP contribution >= 0.6 is 0 Å². The highest BCUT2D eigenvalue weighted by Gasteiger charge is 2.30. The quantitative estimate of drug-likeness (QED) is 0.374. The van der Waals surface area contributed by atoms with Gasteiger partial charge in [-0.1, -0.05) is 12.1 Å². The minimum atomic E-state index is -4.42. The molecule has 2 aromatic rings. The van der Waals surface area contributed by atoms with E-state index in [1.54, 1.807) is 14.2 Å². The fourth-order valence-corrected chi connectivity index (χ4v) is 2.42. The molecule has 156 valence electrons. The number of alkyl halides is 3. The molecule has 0 aliphatic heterocycles. The highest BCUT2D eigenvalue weighted by molar-refractivity contribution is 5.94. The van der Waals surface area contributed by atoms with Gasteiger partial charge in [-0.25, -0.2) is 0 Å². The predicted molar refractivity (Wildman–Crippen MR) is 105 cm³/mol. The molecule has 29 heavy (non-hydrogen) atoms. The van der Waals surface area contributed by atoms with Crippen molar-refractivity contribution in [3.8, 4) is 5.75 Å². The van der Waals surface area contributed by atoms with Crippen molar-refractivity contribution in [2.24, 2.45) is 4.99 Å². The van der Waals surface area contributed by atoms with Crippen molar-refractivity contribution in [3.63, 3.8) is 0 Å². The van der Waals surface area contributed by atoms with Crippen molar-refractivity contribution in [1.29, 1.82) is 0 Å². The average Bonchev–Trinajstić information content (AvgIpc) is 2.73. The number of methoxy groups -OCH3 is 1. The molecule has 2 rings (SSSR count). The van der Waals surface area contributed by atoms with Crippen LogP contribution in [0.1, 0.15) is 21.5 Å². The molecule has 0 bridgehead atoms. The van der Waals surface area contributed by atoms with Crippen molar-refractivity contribution < 1.29 is 22.7 Å². The van der Waals surface area contributed by atoms with Crippen molar-refractivity contribution in [2.75, 3.05) is 27.2 Å². The van der Waals surface area contributed by atoms with Crippen LogP contribution in [0.2, 0.25) is 0 Å². The van der Waals surface area contributed by atoms with Gasteiger partial charge in [0.2, 0.25) is 0 Å². The van der Waals surface area contributed by atoms with E-state index < -0.39 is 17.6 Å². The molecule has 9 heteroatoms. The van der Waals surface area contributed by atoms with Gasteiger partial charge in [0.1, 0.15) is 5.75 Å². The number of amides is 1. The largest absolute Gasteiger partial charge is 0.497 e. The Bertz CT molecular complexity index is 819. The second kappa shape index (κ2) is 10.4. The summed E-state index contributed by atoms with van der Waals surface area (Å²) in [6.45, 7) is 1.24. The molecule has 0 atom stereocenters. The first kappa shape index (κ1) is 22.1. The van der Waals surface area contributed by atoms with Gasteiger partial charge in [0, 0.05) is 32.2 Å². The molecule has 0 aliphatic rings. The number of carbonyl (C=O) groups is 1. The Hall–Kier alpha value is -3.23. The van der Waals surface area contributed by atoms with E-state index in [9.17, 15) is 18.0 Å². The molecular weight excluding hydrogens is 385 g/mol. The van der Waals surface area contributed by atoms with E-state index in [4.69, 9.17) is 4.74 Å². The number of rotatable bonds is 7. The first-order valence-electron chi connectivity index (χ1n) is 8.86. The van der Waals surface area contributed by atoms with Gasteiger partial charge < -0.3 is 20.7 Å². The van der Waals surface area contributed by atoms with E-state index >= 15 is 0 Å². The fraction of sp³-hybridized carbons (Fsp3) is 0.300. The summed E-state index contributed by atoms with van der Waals surface area (Å²) in [4.78, 5) is 16.1. The highest BCUT2D eigenvalue weighted by atomic mass is 19.4. The van der Waals surface area contributed by atoms with Crippen LogP contribution in [0.4, 0.5) is 13.2 Å². The molecule has 0 unspecified atom stereocenters. The van der Waals surface area contributed by atoms with E-state index in [-0.39, 0.29) is 12.1 Å². The number of nitrogens with zero attached hydrogens (tertiary/aromatic N) is 1. The van der Waals surface area contributed by atoms with Gasteiger partial charge in [0.05, 0.1) is 12.7 Å². The van der Waals surface area contributed by atoms with Crippen LogP contribution in [-0.4, -0.2) is 39.1 Å². The van der Waals surface area contributed by atoms with Crippen molar-refractivity contribution in [2.45, 2.75) is 12.7 Å². The van der Waals surface area contributed by atoms with Crippen molar-refractivity contribution in [1.82, 2.24) is 16.0 Å². The second-order valence-corrected chi connectivity index (χ2v) is 6.03. The van der Waals surface area contributed by atoms with Crippen LogP contribution in [0.25, 0.3) is 0 Å². The van der Waals surface area contributed by atoms with Gasteiger partial charge in [0.15, 0.2) is 5.96 Å². The maximum absolute atomic E-state index is 12.6. The smallest absolute Gasteiger partial charge is 0.416 e. The molecule has 3 N–H and O–H groups in total. The number of nitrogens with one attached hydrogen (secondary N) is 3. The van der Waals surface area contributed by atoms with Crippen LogP contribution < -0.4 is 20.7 Å². The lowest BCUT2D eigenvalue weighted by molar-refractivity contribution is -0.137. The molecule has 0 spiro atoms. The Labute approximate surface area is 167 Å². The van der Waals surface area contributed by atoms with Crippen LogP contribution in [0.5, 0.6) is 5.75 Å². The summed E-state index contributed by atoms with van der Waals surface area (Å²) in [6.07, 6.45) is -4.42. The molecule has 0 fully saturated rings. The van der Waals surface area contributed by atoms with E-state index in [0.29, 0.717) is 19.0 Å². The zero-order valence-electron chi connectivity index (χ0n) is 16.1. The third kappa shape index (κ3) is 7.02. The molecule has 6 nitrogen and oxygen atoms in total. The molecule has 0 aromatic heterocycles. The molecule has 0 aliphatic carbocycles. The Morgan fingerprint density at radius 1 is 0.966 bits per heavy atom. The molecule has 0 radical (unpaired) electrons. The SMILES string of the molecule is CN=C(NCCNC(=O)c1ccc(C(F)(F)F)cc1)NCc1ccc(OC)cc1. The van der Waals surface area contributed by atoms with E-state index in [1.165, 1.54) is 0 Å². The lowest BCUT2D eigenvalue weighted by Crippen LogP contribution is -2.41.